The summed E-state index contributed by atoms with van der Waals surface area (Å²) in [4.78, 5) is 16.2. The molecule has 0 fully saturated rings. The molecule has 6 heteroatoms. The third-order valence-electron chi connectivity index (χ3n) is 3.14. The third kappa shape index (κ3) is 2.19. The number of rotatable bonds is 3. The third-order valence-corrected chi connectivity index (χ3v) is 3.14. The van der Waals surface area contributed by atoms with Crippen LogP contribution in [0.15, 0.2) is 24.8 Å². The van der Waals surface area contributed by atoms with Crippen LogP contribution in [0.25, 0.3) is 5.52 Å². The lowest BCUT2D eigenvalue weighted by atomic mass is 9.96. The highest BCUT2D eigenvalue weighted by molar-refractivity contribution is 6.00. The smallest absolute Gasteiger partial charge is 0.255 e. The molecule has 1 unspecified atom stereocenters. The van der Waals surface area contributed by atoms with E-state index in [1.54, 1.807) is 23.1 Å². The molecule has 0 aliphatic rings. The number of aromatic nitrogens is 3. The molecular weight excluding hydrogens is 230 g/mol. The lowest BCUT2D eigenvalue weighted by molar-refractivity contribution is 0.0905. The van der Waals surface area contributed by atoms with Crippen molar-refractivity contribution in [2.45, 2.75) is 32.4 Å². The standard InChI is InChI=1S/C12H17N5O/c1-8(13)12(2,3)16-11(18)9-6-15-17-5-4-14-7-10(9)17/h4-8H,13H2,1-3H3,(H,16,18). The van der Waals surface area contributed by atoms with Gasteiger partial charge in [0, 0.05) is 24.0 Å². The molecular formula is C12H17N5O. The number of nitrogens with one attached hydrogen (secondary N) is 1. The molecule has 18 heavy (non-hydrogen) atoms. The Morgan fingerprint density at radius 3 is 2.89 bits per heavy atom. The van der Waals surface area contributed by atoms with E-state index in [1.165, 1.54) is 6.20 Å². The van der Waals surface area contributed by atoms with E-state index in [4.69, 9.17) is 5.73 Å². The van der Waals surface area contributed by atoms with Crippen LogP contribution < -0.4 is 11.1 Å². The molecule has 2 heterocycles. The Bertz CT molecular complexity index is 573. The minimum Gasteiger partial charge on any atom is -0.345 e. The fourth-order valence-electron chi connectivity index (χ4n) is 1.48. The van der Waals surface area contributed by atoms with Gasteiger partial charge in [0.15, 0.2) is 0 Å². The van der Waals surface area contributed by atoms with Gasteiger partial charge >= 0.3 is 0 Å². The maximum Gasteiger partial charge on any atom is 0.255 e. The van der Waals surface area contributed by atoms with Crippen LogP contribution in [0.5, 0.6) is 0 Å². The normalized spacial score (nSPS) is 13.6. The molecule has 96 valence electrons. The summed E-state index contributed by atoms with van der Waals surface area (Å²) in [5, 5.41) is 7.00. The molecule has 0 aliphatic carbocycles. The van der Waals surface area contributed by atoms with Gasteiger partial charge in [-0.1, -0.05) is 0 Å². The van der Waals surface area contributed by atoms with Crippen LogP contribution in [0.4, 0.5) is 0 Å². The van der Waals surface area contributed by atoms with Crippen LogP contribution in [0.1, 0.15) is 31.1 Å². The van der Waals surface area contributed by atoms with E-state index in [2.05, 4.69) is 15.4 Å². The van der Waals surface area contributed by atoms with Crippen LogP contribution in [0.3, 0.4) is 0 Å². The zero-order valence-electron chi connectivity index (χ0n) is 10.7. The van der Waals surface area contributed by atoms with Crippen molar-refractivity contribution < 1.29 is 4.79 Å². The molecule has 0 aromatic carbocycles. The lowest BCUT2D eigenvalue weighted by Gasteiger charge is -2.30. The van der Waals surface area contributed by atoms with Gasteiger partial charge in [-0.25, -0.2) is 4.52 Å². The van der Waals surface area contributed by atoms with Crippen molar-refractivity contribution in [3.63, 3.8) is 0 Å². The van der Waals surface area contributed by atoms with Crippen LogP contribution in [0.2, 0.25) is 0 Å². The highest BCUT2D eigenvalue weighted by atomic mass is 16.1. The highest BCUT2D eigenvalue weighted by Crippen LogP contribution is 2.12. The summed E-state index contributed by atoms with van der Waals surface area (Å²) in [5.74, 6) is -0.194. The Labute approximate surface area is 105 Å². The number of carbonyl (C=O) groups is 1. The van der Waals surface area contributed by atoms with Gasteiger partial charge in [0.25, 0.3) is 5.91 Å². The molecule has 6 nitrogen and oxygen atoms in total. The number of nitrogens with zero attached hydrogens (tertiary/aromatic N) is 3. The maximum absolute atomic E-state index is 12.2. The summed E-state index contributed by atoms with van der Waals surface area (Å²) in [6, 6.07) is -0.151. The zero-order chi connectivity index (χ0) is 13.3. The van der Waals surface area contributed by atoms with Crippen molar-refractivity contribution >= 4 is 11.4 Å². The van der Waals surface area contributed by atoms with E-state index in [9.17, 15) is 4.79 Å². The van der Waals surface area contributed by atoms with E-state index in [0.29, 0.717) is 11.1 Å². The number of hydrogen-bond donors (Lipinski definition) is 2. The van der Waals surface area contributed by atoms with Gasteiger partial charge in [-0.15, -0.1) is 0 Å². The molecule has 0 bridgehead atoms. The van der Waals surface area contributed by atoms with E-state index >= 15 is 0 Å². The largest absolute Gasteiger partial charge is 0.345 e. The average molecular weight is 247 g/mol. The summed E-state index contributed by atoms with van der Waals surface area (Å²) in [7, 11) is 0. The molecule has 1 atom stereocenters. The van der Waals surface area contributed by atoms with Crippen molar-refractivity contribution in [3.05, 3.63) is 30.4 Å². The monoisotopic (exact) mass is 247 g/mol. The summed E-state index contributed by atoms with van der Waals surface area (Å²) < 4.78 is 1.61. The quantitative estimate of drug-likeness (QED) is 0.831. The van der Waals surface area contributed by atoms with Gasteiger partial charge in [-0.2, -0.15) is 5.10 Å². The van der Waals surface area contributed by atoms with E-state index in [1.807, 2.05) is 20.8 Å². The second kappa shape index (κ2) is 4.38. The molecule has 0 spiro atoms. The molecule has 2 rings (SSSR count). The fourth-order valence-corrected chi connectivity index (χ4v) is 1.48. The number of carbonyl (C=O) groups excluding carboxylic acids is 1. The first-order valence-electron chi connectivity index (χ1n) is 5.77. The van der Waals surface area contributed by atoms with E-state index in [0.717, 1.165) is 0 Å². The van der Waals surface area contributed by atoms with Gasteiger partial charge in [0.1, 0.15) is 0 Å². The number of fused-ring (bicyclic) bond motifs is 1. The SMILES string of the molecule is CC(N)C(C)(C)NC(=O)c1cnn2ccncc12. The van der Waals surface area contributed by atoms with Crippen LogP contribution >= 0.6 is 0 Å². The predicted molar refractivity (Wildman–Crippen MR) is 68.2 cm³/mol. The molecule has 1 amide bonds. The van der Waals surface area contributed by atoms with Crippen LogP contribution in [0, 0.1) is 0 Å². The topological polar surface area (TPSA) is 85.3 Å². The minimum absolute atomic E-state index is 0.151. The molecule has 0 radical (unpaired) electrons. The molecule has 0 saturated heterocycles. The second-order valence-corrected chi connectivity index (χ2v) is 4.93. The number of hydrogen-bond acceptors (Lipinski definition) is 4. The van der Waals surface area contributed by atoms with E-state index < -0.39 is 5.54 Å². The predicted octanol–water partition coefficient (Wildman–Crippen LogP) is 0.585. The Morgan fingerprint density at radius 1 is 1.50 bits per heavy atom. The molecule has 3 N–H and O–H groups in total. The van der Waals surface area contributed by atoms with Crippen molar-refractivity contribution in [1.82, 2.24) is 19.9 Å². The second-order valence-electron chi connectivity index (χ2n) is 4.93. The van der Waals surface area contributed by atoms with Crippen molar-refractivity contribution in [2.75, 3.05) is 0 Å². The molecule has 0 aliphatic heterocycles. The average Bonchev–Trinajstić information content (AvgIpc) is 2.71. The Morgan fingerprint density at radius 2 is 2.22 bits per heavy atom. The Balaban J connectivity index is 2.30. The summed E-state index contributed by atoms with van der Waals surface area (Å²) in [5.41, 5.74) is 6.53. The Kier molecular flexibility index (Phi) is 3.04. The maximum atomic E-state index is 12.2. The first kappa shape index (κ1) is 12.5. The summed E-state index contributed by atoms with van der Waals surface area (Å²) in [6.07, 6.45) is 6.46. The van der Waals surface area contributed by atoms with Gasteiger partial charge in [0.05, 0.1) is 23.5 Å². The van der Waals surface area contributed by atoms with Crippen molar-refractivity contribution in [2.24, 2.45) is 5.73 Å². The molecule has 2 aromatic rings. The van der Waals surface area contributed by atoms with Gasteiger partial charge in [-0.3, -0.25) is 9.78 Å². The fraction of sp³-hybridized carbons (Fsp3) is 0.417. The van der Waals surface area contributed by atoms with Crippen LogP contribution in [-0.4, -0.2) is 32.1 Å². The van der Waals surface area contributed by atoms with Crippen LogP contribution in [-0.2, 0) is 0 Å². The van der Waals surface area contributed by atoms with Gasteiger partial charge < -0.3 is 11.1 Å². The lowest BCUT2D eigenvalue weighted by Crippen LogP contribution is -2.54. The van der Waals surface area contributed by atoms with Gasteiger partial charge in [-0.05, 0) is 20.8 Å². The summed E-state index contributed by atoms with van der Waals surface area (Å²) in [6.45, 7) is 5.64. The van der Waals surface area contributed by atoms with E-state index in [-0.39, 0.29) is 11.9 Å². The summed E-state index contributed by atoms with van der Waals surface area (Å²) >= 11 is 0. The Hall–Kier alpha value is -1.95. The van der Waals surface area contributed by atoms with Crippen molar-refractivity contribution in [3.8, 4) is 0 Å². The molecule has 0 saturated carbocycles. The number of nitrogens with two attached hydrogens (primary N) is 1. The highest BCUT2D eigenvalue weighted by Gasteiger charge is 2.26. The van der Waals surface area contributed by atoms with Crippen molar-refractivity contribution in [1.29, 1.82) is 0 Å². The van der Waals surface area contributed by atoms with Gasteiger partial charge in [0.2, 0.25) is 0 Å². The number of amides is 1. The first-order valence-corrected chi connectivity index (χ1v) is 5.77. The molecule has 2 aromatic heterocycles. The first-order chi connectivity index (χ1) is 8.42. The minimum atomic E-state index is -0.479. The zero-order valence-corrected chi connectivity index (χ0v) is 10.7.